The van der Waals surface area contributed by atoms with Crippen LogP contribution >= 0.6 is 15.9 Å². The van der Waals surface area contributed by atoms with Crippen LogP contribution < -0.4 is 0 Å². The number of rotatable bonds is 4. The van der Waals surface area contributed by atoms with Gasteiger partial charge >= 0.3 is 5.97 Å². The lowest BCUT2D eigenvalue weighted by molar-refractivity contribution is 0.0526. The van der Waals surface area contributed by atoms with Gasteiger partial charge in [0, 0.05) is 23.2 Å². The van der Waals surface area contributed by atoms with Gasteiger partial charge in [-0.25, -0.2) is 9.18 Å². The van der Waals surface area contributed by atoms with Crippen LogP contribution in [0.15, 0.2) is 28.9 Å². The number of carbonyl (C=O) groups is 1. The van der Waals surface area contributed by atoms with E-state index in [1.807, 2.05) is 0 Å². The number of esters is 1. The minimum atomic E-state index is -0.492. The number of hydrogen-bond acceptors (Lipinski definition) is 4. The lowest BCUT2D eigenvalue weighted by Crippen LogP contribution is -2.21. The van der Waals surface area contributed by atoms with Crippen molar-refractivity contribution in [2.45, 2.75) is 25.8 Å². The van der Waals surface area contributed by atoms with Crippen molar-refractivity contribution < 1.29 is 18.7 Å². The van der Waals surface area contributed by atoms with Gasteiger partial charge in [0.1, 0.15) is 11.4 Å². The summed E-state index contributed by atoms with van der Waals surface area (Å²) in [5.41, 5.74) is 1.08. The average molecular weight is 397 g/mol. The molecule has 1 aliphatic rings. The van der Waals surface area contributed by atoms with Crippen molar-refractivity contribution in [2.24, 2.45) is 0 Å². The Morgan fingerprint density at radius 2 is 2.21 bits per heavy atom. The first-order valence-corrected chi connectivity index (χ1v) is 8.69. The van der Waals surface area contributed by atoms with E-state index in [-0.39, 0.29) is 18.2 Å². The summed E-state index contributed by atoms with van der Waals surface area (Å²) in [6.07, 6.45) is 3.01. The fraction of sp³-hybridized carbons (Fsp3) is 0.412. The van der Waals surface area contributed by atoms with E-state index < -0.39 is 11.8 Å². The van der Waals surface area contributed by atoms with Crippen LogP contribution in [0.5, 0.6) is 0 Å². The monoisotopic (exact) mass is 396 g/mol. The second-order valence-corrected chi connectivity index (χ2v) is 6.46. The maximum Gasteiger partial charge on any atom is 0.341 e. The number of hydrogen-bond donors (Lipinski definition) is 0. The summed E-state index contributed by atoms with van der Waals surface area (Å²) in [6, 6.07) is 4.84. The molecule has 1 aromatic carbocycles. The SMILES string of the molecule is CCOC(=O)c1cnn(C2CCOCC2)c1-c1ccc(Br)cc1F. The first-order chi connectivity index (χ1) is 11.6. The van der Waals surface area contributed by atoms with Crippen LogP contribution in [0.1, 0.15) is 36.2 Å². The molecule has 0 bridgehead atoms. The quantitative estimate of drug-likeness (QED) is 0.733. The molecular formula is C17H18BrFN2O3. The zero-order valence-electron chi connectivity index (χ0n) is 13.3. The predicted octanol–water partition coefficient (Wildman–Crippen LogP) is 3.98. The van der Waals surface area contributed by atoms with E-state index in [2.05, 4.69) is 21.0 Å². The molecule has 2 aromatic rings. The van der Waals surface area contributed by atoms with Crippen LogP contribution in [0.25, 0.3) is 11.3 Å². The van der Waals surface area contributed by atoms with Gasteiger partial charge in [-0.1, -0.05) is 15.9 Å². The molecule has 0 atom stereocenters. The fourth-order valence-electron chi connectivity index (χ4n) is 2.88. The molecule has 3 rings (SSSR count). The van der Waals surface area contributed by atoms with E-state index in [4.69, 9.17) is 9.47 Å². The molecule has 0 amide bonds. The zero-order valence-corrected chi connectivity index (χ0v) is 14.9. The van der Waals surface area contributed by atoms with Crippen LogP contribution in [-0.4, -0.2) is 35.6 Å². The maximum absolute atomic E-state index is 14.5. The van der Waals surface area contributed by atoms with Crippen molar-refractivity contribution in [1.82, 2.24) is 9.78 Å². The highest BCUT2D eigenvalue weighted by Crippen LogP contribution is 2.33. The summed E-state index contributed by atoms with van der Waals surface area (Å²) in [5, 5.41) is 4.36. The van der Waals surface area contributed by atoms with Crippen LogP contribution in [0.3, 0.4) is 0 Å². The van der Waals surface area contributed by atoms with Crippen molar-refractivity contribution >= 4 is 21.9 Å². The maximum atomic E-state index is 14.5. The largest absolute Gasteiger partial charge is 0.462 e. The van der Waals surface area contributed by atoms with Crippen molar-refractivity contribution in [3.05, 3.63) is 40.2 Å². The normalized spacial score (nSPS) is 15.5. The Morgan fingerprint density at radius 1 is 1.46 bits per heavy atom. The van der Waals surface area contributed by atoms with Gasteiger partial charge in [0.05, 0.1) is 24.5 Å². The summed E-state index contributed by atoms with van der Waals surface area (Å²) >= 11 is 3.26. The topological polar surface area (TPSA) is 53.3 Å². The van der Waals surface area contributed by atoms with Gasteiger partial charge in [-0.15, -0.1) is 0 Å². The molecule has 2 heterocycles. The number of nitrogens with zero attached hydrogens (tertiary/aromatic N) is 2. The summed E-state index contributed by atoms with van der Waals surface area (Å²) < 4.78 is 27.4. The van der Waals surface area contributed by atoms with Crippen molar-refractivity contribution in [3.63, 3.8) is 0 Å². The second kappa shape index (κ2) is 7.44. The van der Waals surface area contributed by atoms with E-state index in [0.717, 1.165) is 12.8 Å². The van der Waals surface area contributed by atoms with E-state index in [1.54, 1.807) is 23.7 Å². The van der Waals surface area contributed by atoms with Crippen molar-refractivity contribution in [2.75, 3.05) is 19.8 Å². The standard InChI is InChI=1S/C17H18BrFN2O3/c1-2-24-17(22)14-10-20-21(12-5-7-23-8-6-12)16(14)13-4-3-11(18)9-15(13)19/h3-4,9-10,12H,2,5-8H2,1H3. The van der Waals surface area contributed by atoms with Crippen molar-refractivity contribution in [3.8, 4) is 11.3 Å². The van der Waals surface area contributed by atoms with Crippen LogP contribution in [-0.2, 0) is 9.47 Å². The molecule has 1 fully saturated rings. The molecule has 128 valence electrons. The molecule has 24 heavy (non-hydrogen) atoms. The third-order valence-electron chi connectivity index (χ3n) is 4.01. The Balaban J connectivity index is 2.11. The molecule has 1 aliphatic heterocycles. The van der Waals surface area contributed by atoms with Gasteiger partial charge < -0.3 is 9.47 Å². The summed E-state index contributed by atoms with van der Waals surface area (Å²) in [4.78, 5) is 12.3. The van der Waals surface area contributed by atoms with Gasteiger partial charge in [-0.05, 0) is 38.0 Å². The molecule has 7 heteroatoms. The van der Waals surface area contributed by atoms with E-state index >= 15 is 0 Å². The van der Waals surface area contributed by atoms with E-state index in [0.29, 0.717) is 28.9 Å². The van der Waals surface area contributed by atoms with Gasteiger partial charge in [-0.2, -0.15) is 5.10 Å². The second-order valence-electron chi connectivity index (χ2n) is 5.54. The number of ether oxygens (including phenoxy) is 2. The fourth-order valence-corrected chi connectivity index (χ4v) is 3.21. The van der Waals surface area contributed by atoms with Crippen LogP contribution in [0.2, 0.25) is 0 Å². The lowest BCUT2D eigenvalue weighted by atomic mass is 10.0. The Morgan fingerprint density at radius 3 is 2.88 bits per heavy atom. The van der Waals surface area contributed by atoms with Crippen molar-refractivity contribution in [1.29, 1.82) is 0 Å². The molecule has 1 saturated heterocycles. The molecule has 0 aliphatic carbocycles. The van der Waals surface area contributed by atoms with E-state index in [1.165, 1.54) is 12.3 Å². The molecule has 0 saturated carbocycles. The summed E-state index contributed by atoms with van der Waals surface area (Å²) in [7, 11) is 0. The predicted molar refractivity (Wildman–Crippen MR) is 90.4 cm³/mol. The molecule has 1 aromatic heterocycles. The Kier molecular flexibility index (Phi) is 5.30. The number of carbonyl (C=O) groups excluding carboxylic acids is 1. The minimum Gasteiger partial charge on any atom is -0.462 e. The summed E-state index contributed by atoms with van der Waals surface area (Å²) in [5.74, 6) is -0.906. The van der Waals surface area contributed by atoms with E-state index in [9.17, 15) is 9.18 Å². The number of halogens is 2. The van der Waals surface area contributed by atoms with Gasteiger partial charge in [0.25, 0.3) is 0 Å². The molecule has 0 N–H and O–H groups in total. The van der Waals surface area contributed by atoms with Gasteiger partial charge in [-0.3, -0.25) is 4.68 Å². The Hall–Kier alpha value is -1.73. The minimum absolute atomic E-state index is 0.0694. The summed E-state index contributed by atoms with van der Waals surface area (Å²) in [6.45, 7) is 3.24. The highest BCUT2D eigenvalue weighted by atomic mass is 79.9. The highest BCUT2D eigenvalue weighted by Gasteiger charge is 2.27. The smallest absolute Gasteiger partial charge is 0.341 e. The van der Waals surface area contributed by atoms with Crippen LogP contribution in [0, 0.1) is 5.82 Å². The van der Waals surface area contributed by atoms with Gasteiger partial charge in [0.15, 0.2) is 0 Å². The molecular weight excluding hydrogens is 379 g/mol. The van der Waals surface area contributed by atoms with Gasteiger partial charge in [0.2, 0.25) is 0 Å². The first-order valence-electron chi connectivity index (χ1n) is 7.89. The lowest BCUT2D eigenvalue weighted by Gasteiger charge is -2.24. The Labute approximate surface area is 147 Å². The third-order valence-corrected chi connectivity index (χ3v) is 4.51. The van der Waals surface area contributed by atoms with Crippen LogP contribution in [0.4, 0.5) is 4.39 Å². The third kappa shape index (κ3) is 3.37. The number of benzene rings is 1. The zero-order chi connectivity index (χ0) is 17.1. The highest BCUT2D eigenvalue weighted by molar-refractivity contribution is 9.10. The Bertz CT molecular complexity index is 741. The number of aromatic nitrogens is 2. The molecule has 5 nitrogen and oxygen atoms in total. The molecule has 0 spiro atoms. The average Bonchev–Trinajstić information content (AvgIpc) is 3.01. The molecule has 0 radical (unpaired) electrons. The first kappa shape index (κ1) is 17.1. The molecule has 0 unspecified atom stereocenters.